The quantitative estimate of drug-likeness (QED) is 0.675. The molecule has 0 spiro atoms. The molecule has 2 aromatic heterocycles. The van der Waals surface area contributed by atoms with Crippen LogP contribution in [0.4, 0.5) is 0 Å². The number of halogens is 1. The van der Waals surface area contributed by atoms with Gasteiger partial charge in [-0.1, -0.05) is 17.7 Å². The van der Waals surface area contributed by atoms with Crippen molar-refractivity contribution in [3.63, 3.8) is 0 Å². The summed E-state index contributed by atoms with van der Waals surface area (Å²) >= 11 is 7.79. The summed E-state index contributed by atoms with van der Waals surface area (Å²) in [7, 11) is 0. The van der Waals surface area contributed by atoms with E-state index >= 15 is 0 Å². The second kappa shape index (κ2) is 3.92. The van der Waals surface area contributed by atoms with Gasteiger partial charge in [0.15, 0.2) is 0 Å². The van der Waals surface area contributed by atoms with E-state index < -0.39 is 0 Å². The fourth-order valence-corrected chi connectivity index (χ4v) is 2.65. The fourth-order valence-electron chi connectivity index (χ4n) is 1.80. The van der Waals surface area contributed by atoms with Crippen LogP contribution in [0.1, 0.15) is 5.01 Å². The molecule has 3 aromatic rings. The van der Waals surface area contributed by atoms with Gasteiger partial charge in [0, 0.05) is 33.7 Å². The van der Waals surface area contributed by atoms with Crippen molar-refractivity contribution in [2.75, 3.05) is 0 Å². The molecule has 2 heterocycles. The third-order valence-electron chi connectivity index (χ3n) is 2.55. The molecule has 0 fully saturated rings. The van der Waals surface area contributed by atoms with Crippen LogP contribution >= 0.6 is 22.9 Å². The predicted octanol–water partition coefficient (Wildman–Crippen LogP) is 3.80. The van der Waals surface area contributed by atoms with Crippen LogP contribution in [0.5, 0.6) is 0 Å². The van der Waals surface area contributed by atoms with Crippen molar-refractivity contribution in [3.05, 3.63) is 52.1 Å². The van der Waals surface area contributed by atoms with Crippen LogP contribution in [-0.2, 0) is 6.54 Å². The lowest BCUT2D eigenvalue weighted by Gasteiger charge is -2.02. The van der Waals surface area contributed by atoms with E-state index in [1.54, 1.807) is 11.3 Å². The molecule has 80 valence electrons. The minimum absolute atomic E-state index is 0.801. The van der Waals surface area contributed by atoms with Crippen LogP contribution in [0, 0.1) is 0 Å². The van der Waals surface area contributed by atoms with Crippen LogP contribution in [0.15, 0.2) is 42.0 Å². The Labute approximate surface area is 102 Å². The number of rotatable bonds is 2. The highest BCUT2D eigenvalue weighted by molar-refractivity contribution is 7.09. The monoisotopic (exact) mass is 248 g/mol. The zero-order valence-corrected chi connectivity index (χ0v) is 10.0. The second-order valence-electron chi connectivity index (χ2n) is 3.54. The first-order valence-electron chi connectivity index (χ1n) is 4.96. The normalized spacial score (nSPS) is 11.1. The second-order valence-corrected chi connectivity index (χ2v) is 4.93. The van der Waals surface area contributed by atoms with Crippen LogP contribution in [0.2, 0.25) is 5.02 Å². The van der Waals surface area contributed by atoms with Crippen molar-refractivity contribution >= 4 is 33.8 Å². The molecule has 0 saturated heterocycles. The highest BCUT2D eigenvalue weighted by Crippen LogP contribution is 2.24. The van der Waals surface area contributed by atoms with Crippen molar-refractivity contribution in [1.29, 1.82) is 0 Å². The van der Waals surface area contributed by atoms with Crippen LogP contribution in [0.25, 0.3) is 10.9 Å². The number of thiazole rings is 1. The fraction of sp³-hybridized carbons (Fsp3) is 0.0833. The topological polar surface area (TPSA) is 17.8 Å². The summed E-state index contributed by atoms with van der Waals surface area (Å²) in [4.78, 5) is 4.29. The summed E-state index contributed by atoms with van der Waals surface area (Å²) in [5.74, 6) is 0. The minimum Gasteiger partial charge on any atom is -0.341 e. The highest BCUT2D eigenvalue weighted by atomic mass is 35.5. The SMILES string of the molecule is Clc1cccc2c1ccn2Cc1nccs1. The summed E-state index contributed by atoms with van der Waals surface area (Å²) in [6.45, 7) is 0.807. The van der Waals surface area contributed by atoms with Gasteiger partial charge in [-0.05, 0) is 18.2 Å². The van der Waals surface area contributed by atoms with Gasteiger partial charge in [-0.15, -0.1) is 11.3 Å². The maximum absolute atomic E-state index is 6.13. The van der Waals surface area contributed by atoms with Crippen molar-refractivity contribution in [3.8, 4) is 0 Å². The third-order valence-corrected chi connectivity index (χ3v) is 3.64. The number of hydrogen-bond acceptors (Lipinski definition) is 2. The molecule has 0 aliphatic heterocycles. The van der Waals surface area contributed by atoms with Crippen LogP contribution in [-0.4, -0.2) is 9.55 Å². The Balaban J connectivity index is 2.08. The zero-order valence-electron chi connectivity index (χ0n) is 8.43. The van der Waals surface area contributed by atoms with E-state index in [9.17, 15) is 0 Å². The van der Waals surface area contributed by atoms with E-state index in [0.717, 1.165) is 27.5 Å². The maximum Gasteiger partial charge on any atom is 0.112 e. The number of benzene rings is 1. The molecule has 3 rings (SSSR count). The van der Waals surface area contributed by atoms with Crippen molar-refractivity contribution in [2.24, 2.45) is 0 Å². The largest absolute Gasteiger partial charge is 0.341 e. The van der Waals surface area contributed by atoms with Crippen LogP contribution < -0.4 is 0 Å². The number of aromatic nitrogens is 2. The number of nitrogens with zero attached hydrogens (tertiary/aromatic N) is 2. The maximum atomic E-state index is 6.13. The van der Waals surface area contributed by atoms with Crippen LogP contribution in [0.3, 0.4) is 0 Å². The van der Waals surface area contributed by atoms with Gasteiger partial charge in [-0.3, -0.25) is 0 Å². The smallest absolute Gasteiger partial charge is 0.112 e. The Bertz CT molecular complexity index is 613. The van der Waals surface area contributed by atoms with Gasteiger partial charge in [0.1, 0.15) is 5.01 Å². The molecule has 2 nitrogen and oxygen atoms in total. The van der Waals surface area contributed by atoms with Gasteiger partial charge in [-0.25, -0.2) is 4.98 Å². The zero-order chi connectivity index (χ0) is 11.0. The Morgan fingerprint density at radius 3 is 3.06 bits per heavy atom. The lowest BCUT2D eigenvalue weighted by molar-refractivity contribution is 0.828. The molecular weight excluding hydrogens is 240 g/mol. The highest BCUT2D eigenvalue weighted by Gasteiger charge is 2.05. The molecule has 0 bridgehead atoms. The average molecular weight is 249 g/mol. The molecule has 0 aliphatic rings. The first-order chi connectivity index (χ1) is 7.84. The Kier molecular flexibility index (Phi) is 2.42. The molecule has 4 heteroatoms. The van der Waals surface area contributed by atoms with Gasteiger partial charge in [0.05, 0.1) is 6.54 Å². The molecule has 0 amide bonds. The predicted molar refractivity (Wildman–Crippen MR) is 68.2 cm³/mol. The van der Waals surface area contributed by atoms with E-state index in [2.05, 4.69) is 21.8 Å². The molecule has 0 saturated carbocycles. The van der Waals surface area contributed by atoms with Crippen molar-refractivity contribution < 1.29 is 0 Å². The van der Waals surface area contributed by atoms with Gasteiger partial charge in [0.2, 0.25) is 0 Å². The average Bonchev–Trinajstić information content (AvgIpc) is 2.90. The molecule has 16 heavy (non-hydrogen) atoms. The molecule has 0 aliphatic carbocycles. The Morgan fingerprint density at radius 1 is 1.31 bits per heavy atom. The summed E-state index contributed by atoms with van der Waals surface area (Å²) < 4.78 is 2.17. The van der Waals surface area contributed by atoms with E-state index in [1.807, 2.05) is 29.8 Å². The Hall–Kier alpha value is -1.32. The van der Waals surface area contributed by atoms with E-state index in [1.165, 1.54) is 0 Å². The molecule has 0 radical (unpaired) electrons. The molecule has 0 N–H and O–H groups in total. The summed E-state index contributed by atoms with van der Waals surface area (Å²) in [5, 5.41) is 5.00. The van der Waals surface area contributed by atoms with Gasteiger partial charge in [0.25, 0.3) is 0 Å². The Morgan fingerprint density at radius 2 is 2.25 bits per heavy atom. The van der Waals surface area contributed by atoms with E-state index in [-0.39, 0.29) is 0 Å². The van der Waals surface area contributed by atoms with E-state index in [4.69, 9.17) is 11.6 Å². The summed E-state index contributed by atoms with van der Waals surface area (Å²) in [5.41, 5.74) is 1.16. The first-order valence-corrected chi connectivity index (χ1v) is 6.22. The third kappa shape index (κ3) is 1.62. The van der Waals surface area contributed by atoms with Gasteiger partial charge in [-0.2, -0.15) is 0 Å². The minimum atomic E-state index is 0.801. The molecule has 0 atom stereocenters. The molecule has 0 unspecified atom stereocenters. The standard InChI is InChI=1S/C12H9ClN2S/c13-10-2-1-3-11-9(10)4-6-15(11)8-12-14-5-7-16-12/h1-7H,8H2. The molecule has 1 aromatic carbocycles. The lowest BCUT2D eigenvalue weighted by atomic mass is 10.2. The van der Waals surface area contributed by atoms with Crippen molar-refractivity contribution in [1.82, 2.24) is 9.55 Å². The number of hydrogen-bond donors (Lipinski definition) is 0. The van der Waals surface area contributed by atoms with E-state index in [0.29, 0.717) is 0 Å². The first kappa shape index (κ1) is 9.87. The van der Waals surface area contributed by atoms with Gasteiger partial charge >= 0.3 is 0 Å². The van der Waals surface area contributed by atoms with Gasteiger partial charge < -0.3 is 4.57 Å². The summed E-state index contributed by atoms with van der Waals surface area (Å²) in [6.07, 6.45) is 3.89. The lowest BCUT2D eigenvalue weighted by Crippen LogP contribution is -1.96. The number of fused-ring (bicyclic) bond motifs is 1. The summed E-state index contributed by atoms with van der Waals surface area (Å²) in [6, 6.07) is 8.01. The molecular formula is C12H9ClN2S. The van der Waals surface area contributed by atoms with Crippen molar-refractivity contribution in [2.45, 2.75) is 6.54 Å².